The Morgan fingerprint density at radius 3 is 2.45 bits per heavy atom. The van der Waals surface area contributed by atoms with Gasteiger partial charge in [0.25, 0.3) is 5.91 Å². The van der Waals surface area contributed by atoms with Crippen molar-refractivity contribution in [1.29, 1.82) is 0 Å². The molecule has 1 aliphatic rings. The number of aryl methyl sites for hydroxylation is 1. The molecule has 4 nitrogen and oxygen atoms in total. The molecule has 5 rings (SSSR count). The molecule has 33 heavy (non-hydrogen) atoms. The quantitative estimate of drug-likeness (QED) is 0.343. The third-order valence-electron chi connectivity index (χ3n) is 5.66. The van der Waals surface area contributed by atoms with Gasteiger partial charge in [0.05, 0.1) is 12.3 Å². The number of amidine groups is 1. The highest BCUT2D eigenvalue weighted by molar-refractivity contribution is 6.33. The summed E-state index contributed by atoms with van der Waals surface area (Å²) in [6.45, 7) is 4.58. The molecule has 0 radical (unpaired) electrons. The van der Waals surface area contributed by atoms with Crippen molar-refractivity contribution in [3.63, 3.8) is 0 Å². The number of rotatable bonds is 5. The fourth-order valence-electron chi connectivity index (χ4n) is 4.12. The number of amides is 1. The van der Waals surface area contributed by atoms with Crippen LogP contribution in [0.1, 0.15) is 23.6 Å². The lowest BCUT2D eigenvalue weighted by Gasteiger charge is -2.19. The van der Waals surface area contributed by atoms with Gasteiger partial charge < -0.3 is 4.74 Å². The summed E-state index contributed by atoms with van der Waals surface area (Å²) >= 11 is 0. The topological polar surface area (TPSA) is 41.9 Å². The zero-order chi connectivity index (χ0) is 22.8. The van der Waals surface area contributed by atoms with Gasteiger partial charge in [-0.3, -0.25) is 9.69 Å². The van der Waals surface area contributed by atoms with E-state index in [2.05, 4.69) is 24.3 Å². The van der Waals surface area contributed by atoms with Crippen molar-refractivity contribution in [2.45, 2.75) is 13.8 Å². The van der Waals surface area contributed by atoms with E-state index < -0.39 is 0 Å². The lowest BCUT2D eigenvalue weighted by molar-refractivity contribution is -0.113. The van der Waals surface area contributed by atoms with Crippen LogP contribution in [0.15, 0.2) is 102 Å². The maximum Gasteiger partial charge on any atom is 0.282 e. The summed E-state index contributed by atoms with van der Waals surface area (Å²) in [6, 6.07) is 29.9. The molecule has 0 spiro atoms. The van der Waals surface area contributed by atoms with Crippen molar-refractivity contribution in [2.24, 2.45) is 4.99 Å². The van der Waals surface area contributed by atoms with Crippen LogP contribution >= 0.6 is 0 Å². The van der Waals surface area contributed by atoms with Crippen LogP contribution in [0.25, 0.3) is 16.8 Å². The van der Waals surface area contributed by atoms with Crippen molar-refractivity contribution in [1.82, 2.24) is 0 Å². The molecule has 1 aliphatic heterocycles. The summed E-state index contributed by atoms with van der Waals surface area (Å²) in [6.07, 6.45) is 1.88. The molecule has 0 fully saturated rings. The molecular weight excluding hydrogens is 408 g/mol. The van der Waals surface area contributed by atoms with Crippen molar-refractivity contribution in [3.05, 3.63) is 113 Å². The minimum Gasteiger partial charge on any atom is -0.494 e. The van der Waals surface area contributed by atoms with Crippen LogP contribution < -0.4 is 9.64 Å². The van der Waals surface area contributed by atoms with Crippen LogP contribution in [0, 0.1) is 6.92 Å². The van der Waals surface area contributed by atoms with Gasteiger partial charge in [-0.1, -0.05) is 66.2 Å². The van der Waals surface area contributed by atoms with Crippen molar-refractivity contribution in [2.75, 3.05) is 11.5 Å². The predicted octanol–water partition coefficient (Wildman–Crippen LogP) is 6.38. The van der Waals surface area contributed by atoms with Crippen LogP contribution in [0.5, 0.6) is 5.75 Å². The Hall–Kier alpha value is -4.18. The molecular formula is C29H24N2O2. The van der Waals surface area contributed by atoms with Crippen molar-refractivity contribution in [3.8, 4) is 5.75 Å². The fraction of sp³-hybridized carbons (Fsp3) is 0.103. The minimum absolute atomic E-state index is 0.149. The lowest BCUT2D eigenvalue weighted by atomic mass is 10.0. The Morgan fingerprint density at radius 1 is 0.909 bits per heavy atom. The van der Waals surface area contributed by atoms with Crippen LogP contribution in [-0.2, 0) is 4.79 Å². The molecule has 4 heteroatoms. The summed E-state index contributed by atoms with van der Waals surface area (Å²) < 4.78 is 5.57. The van der Waals surface area contributed by atoms with Gasteiger partial charge in [-0.2, -0.15) is 0 Å². The Morgan fingerprint density at radius 2 is 1.67 bits per heavy atom. The number of hydrogen-bond acceptors (Lipinski definition) is 3. The summed E-state index contributed by atoms with van der Waals surface area (Å²) in [5.74, 6) is 1.25. The molecule has 0 unspecified atom stereocenters. The second-order valence-electron chi connectivity index (χ2n) is 7.97. The van der Waals surface area contributed by atoms with Crippen molar-refractivity contribution < 1.29 is 9.53 Å². The lowest BCUT2D eigenvalue weighted by Crippen LogP contribution is -2.32. The highest BCUT2D eigenvalue weighted by Crippen LogP contribution is 2.30. The smallest absolute Gasteiger partial charge is 0.282 e. The third-order valence-corrected chi connectivity index (χ3v) is 5.66. The molecule has 4 aromatic carbocycles. The third kappa shape index (κ3) is 4.03. The average molecular weight is 433 g/mol. The first-order valence-electron chi connectivity index (χ1n) is 11.1. The van der Waals surface area contributed by atoms with Crippen molar-refractivity contribution >= 4 is 34.3 Å². The zero-order valence-corrected chi connectivity index (χ0v) is 18.7. The summed E-state index contributed by atoms with van der Waals surface area (Å²) in [4.78, 5) is 20.1. The first-order valence-corrected chi connectivity index (χ1v) is 11.1. The molecule has 0 atom stereocenters. The van der Waals surface area contributed by atoms with Gasteiger partial charge in [-0.25, -0.2) is 4.99 Å². The SMILES string of the molecule is CCOc1ccc(N2C(=O)/C(=C\c3cccc4ccccc34)N=C2c2cccc(C)c2)cc1. The van der Waals surface area contributed by atoms with Crippen LogP contribution in [0.4, 0.5) is 5.69 Å². The highest BCUT2D eigenvalue weighted by atomic mass is 16.5. The number of carbonyl (C=O) groups is 1. The summed E-state index contributed by atoms with van der Waals surface area (Å²) in [7, 11) is 0. The molecule has 1 heterocycles. The van der Waals surface area contributed by atoms with Gasteiger partial charge in [0.2, 0.25) is 0 Å². The van der Waals surface area contributed by atoms with Crippen LogP contribution in [-0.4, -0.2) is 18.3 Å². The van der Waals surface area contributed by atoms with Gasteiger partial charge >= 0.3 is 0 Å². The minimum atomic E-state index is -0.149. The predicted molar refractivity (Wildman–Crippen MR) is 135 cm³/mol. The number of benzene rings is 4. The van der Waals surface area contributed by atoms with E-state index in [-0.39, 0.29) is 5.91 Å². The van der Waals surface area contributed by atoms with E-state index in [1.807, 2.05) is 86.7 Å². The number of fused-ring (bicyclic) bond motifs is 1. The van der Waals surface area contributed by atoms with Crippen LogP contribution in [0.3, 0.4) is 0 Å². The number of hydrogen-bond donors (Lipinski definition) is 0. The second-order valence-corrected chi connectivity index (χ2v) is 7.97. The molecule has 0 N–H and O–H groups in total. The van der Waals surface area contributed by atoms with E-state index in [9.17, 15) is 4.79 Å². The number of aliphatic imine (C=N–C) groups is 1. The Bertz CT molecular complexity index is 1400. The zero-order valence-electron chi connectivity index (χ0n) is 18.7. The normalized spacial score (nSPS) is 14.7. The first kappa shape index (κ1) is 20.7. The first-order chi connectivity index (χ1) is 16.1. The molecule has 0 saturated carbocycles. The van der Waals surface area contributed by atoms with E-state index in [0.29, 0.717) is 18.1 Å². The van der Waals surface area contributed by atoms with E-state index in [0.717, 1.165) is 38.9 Å². The summed E-state index contributed by atoms with van der Waals surface area (Å²) in [5, 5.41) is 2.22. The maximum atomic E-state index is 13.6. The van der Waals surface area contributed by atoms with Gasteiger partial charge in [0.15, 0.2) is 0 Å². The molecule has 162 valence electrons. The number of carbonyl (C=O) groups excluding carboxylic acids is 1. The molecule has 0 aromatic heterocycles. The van der Waals surface area contributed by atoms with Gasteiger partial charge in [0, 0.05) is 5.56 Å². The van der Waals surface area contributed by atoms with Crippen LogP contribution in [0.2, 0.25) is 0 Å². The standard InChI is InChI=1S/C29H24N2O2/c1-3-33-25-16-14-24(15-17-25)31-28(23-12-6-8-20(2)18-23)30-27(29(31)32)19-22-11-7-10-21-9-4-5-13-26(21)22/h4-19H,3H2,1-2H3/b27-19+. The largest absolute Gasteiger partial charge is 0.494 e. The van der Waals surface area contributed by atoms with Gasteiger partial charge in [0.1, 0.15) is 17.3 Å². The van der Waals surface area contributed by atoms with E-state index >= 15 is 0 Å². The molecule has 4 aromatic rings. The van der Waals surface area contributed by atoms with E-state index in [1.54, 1.807) is 4.90 Å². The number of nitrogens with zero attached hydrogens (tertiary/aromatic N) is 2. The molecule has 1 amide bonds. The highest BCUT2D eigenvalue weighted by Gasteiger charge is 2.32. The van der Waals surface area contributed by atoms with Gasteiger partial charge in [-0.15, -0.1) is 0 Å². The second kappa shape index (κ2) is 8.75. The Kier molecular flexibility index (Phi) is 5.49. The number of anilines is 1. The van der Waals surface area contributed by atoms with E-state index in [4.69, 9.17) is 9.73 Å². The molecule has 0 bridgehead atoms. The Balaban J connectivity index is 1.62. The van der Waals surface area contributed by atoms with Gasteiger partial charge in [-0.05, 0) is 66.6 Å². The maximum absolute atomic E-state index is 13.6. The average Bonchev–Trinajstić information content (AvgIpc) is 3.16. The Labute approximate surface area is 193 Å². The monoisotopic (exact) mass is 432 g/mol. The molecule has 0 aliphatic carbocycles. The van der Waals surface area contributed by atoms with E-state index in [1.165, 1.54) is 0 Å². The fourth-order valence-corrected chi connectivity index (χ4v) is 4.12. The molecule has 0 saturated heterocycles. The number of ether oxygens (including phenoxy) is 1. The summed E-state index contributed by atoms with van der Waals surface area (Å²) in [5.41, 5.74) is 4.15.